The van der Waals surface area contributed by atoms with E-state index in [1.165, 1.54) is 6.26 Å². The van der Waals surface area contributed by atoms with Gasteiger partial charge in [0.2, 0.25) is 0 Å². The molecule has 2 rings (SSSR count). The zero-order chi connectivity index (χ0) is 15.1. The van der Waals surface area contributed by atoms with E-state index >= 15 is 0 Å². The average Bonchev–Trinajstić information content (AvgIpc) is 2.80. The van der Waals surface area contributed by atoms with Gasteiger partial charge >= 0.3 is 5.97 Å². The van der Waals surface area contributed by atoms with Gasteiger partial charge in [-0.05, 0) is 49.1 Å². The highest BCUT2D eigenvalue weighted by Gasteiger charge is 2.31. The highest BCUT2D eigenvalue weighted by atomic mass is 32.2. The Morgan fingerprint density at radius 2 is 2.00 bits per heavy atom. The molecule has 1 saturated heterocycles. The van der Waals surface area contributed by atoms with Crippen LogP contribution in [0.4, 0.5) is 0 Å². The van der Waals surface area contributed by atoms with Crippen LogP contribution >= 0.6 is 0 Å². The summed E-state index contributed by atoms with van der Waals surface area (Å²) in [5.41, 5.74) is 2.80. The molecule has 0 bridgehead atoms. The molecule has 1 aromatic rings. The lowest BCUT2D eigenvalue weighted by Gasteiger charge is -2.17. The maximum Gasteiger partial charge on any atom is 0.307 e. The van der Waals surface area contributed by atoms with Gasteiger partial charge in [0.15, 0.2) is 9.84 Å². The molecule has 6 heteroatoms. The van der Waals surface area contributed by atoms with Crippen LogP contribution in [0.25, 0.3) is 0 Å². The van der Waals surface area contributed by atoms with Crippen LogP contribution in [-0.4, -0.2) is 32.3 Å². The Labute approximate surface area is 118 Å². The quantitative estimate of drug-likeness (QED) is 0.882. The first-order chi connectivity index (χ1) is 9.20. The molecular formula is C14H19NO4S. The fourth-order valence-electron chi connectivity index (χ4n) is 2.59. The van der Waals surface area contributed by atoms with Crippen molar-refractivity contribution in [3.8, 4) is 0 Å². The third kappa shape index (κ3) is 2.86. The van der Waals surface area contributed by atoms with Crippen LogP contribution in [0.15, 0.2) is 17.0 Å². The Hall–Kier alpha value is -1.40. The lowest BCUT2D eigenvalue weighted by atomic mass is 9.94. The summed E-state index contributed by atoms with van der Waals surface area (Å²) in [7, 11) is -3.27. The second kappa shape index (κ2) is 5.18. The van der Waals surface area contributed by atoms with Gasteiger partial charge in [-0.1, -0.05) is 0 Å². The Balaban J connectivity index is 2.42. The van der Waals surface area contributed by atoms with E-state index in [0.29, 0.717) is 13.0 Å². The molecule has 110 valence electrons. The largest absolute Gasteiger partial charge is 0.481 e. The molecule has 0 saturated carbocycles. The summed E-state index contributed by atoms with van der Waals surface area (Å²) in [6, 6.07) is 3.23. The molecule has 1 heterocycles. The number of carboxylic acids is 1. The van der Waals surface area contributed by atoms with E-state index in [4.69, 9.17) is 5.11 Å². The van der Waals surface area contributed by atoms with E-state index in [2.05, 4.69) is 5.32 Å². The first-order valence-electron chi connectivity index (χ1n) is 6.47. The topological polar surface area (TPSA) is 83.5 Å². The normalized spacial score (nSPS) is 22.9. The molecule has 1 aliphatic rings. The Kier molecular flexibility index (Phi) is 3.88. The van der Waals surface area contributed by atoms with Gasteiger partial charge in [-0.15, -0.1) is 0 Å². The highest BCUT2D eigenvalue weighted by Crippen LogP contribution is 2.32. The molecule has 2 unspecified atom stereocenters. The van der Waals surface area contributed by atoms with Crippen LogP contribution in [0.1, 0.15) is 29.2 Å². The van der Waals surface area contributed by atoms with E-state index in [9.17, 15) is 13.2 Å². The van der Waals surface area contributed by atoms with E-state index < -0.39 is 21.7 Å². The molecule has 5 nitrogen and oxygen atoms in total. The number of nitrogens with one attached hydrogen (secondary N) is 1. The number of carboxylic acid groups (broad SMARTS) is 1. The zero-order valence-electron chi connectivity index (χ0n) is 11.8. The standard InChI is InChI=1S/C14H19NO4S/c1-8-4-11(20(3,18)19)6-12(9(8)2)13-5-10(7-15-13)14(16)17/h4,6,10,13,15H,5,7H2,1-3H3,(H,16,17). The van der Waals surface area contributed by atoms with Crippen LogP contribution in [0, 0.1) is 19.8 Å². The molecule has 2 atom stereocenters. The first-order valence-corrected chi connectivity index (χ1v) is 8.36. The van der Waals surface area contributed by atoms with Crippen molar-refractivity contribution in [1.29, 1.82) is 0 Å². The molecule has 0 spiro atoms. The summed E-state index contributed by atoms with van der Waals surface area (Å²) < 4.78 is 23.4. The molecule has 0 aromatic heterocycles. The molecule has 0 aliphatic carbocycles. The second-order valence-corrected chi connectivity index (χ2v) is 7.47. The molecule has 2 N–H and O–H groups in total. The van der Waals surface area contributed by atoms with Crippen LogP contribution in [-0.2, 0) is 14.6 Å². The number of hydrogen-bond acceptors (Lipinski definition) is 4. The summed E-state index contributed by atoms with van der Waals surface area (Å²) >= 11 is 0. The van der Waals surface area contributed by atoms with Crippen LogP contribution < -0.4 is 5.32 Å². The third-order valence-electron chi connectivity index (χ3n) is 3.96. The number of aryl methyl sites for hydroxylation is 1. The number of carbonyl (C=O) groups is 1. The summed E-state index contributed by atoms with van der Waals surface area (Å²) in [4.78, 5) is 11.3. The summed E-state index contributed by atoms with van der Waals surface area (Å²) in [6.07, 6.45) is 1.67. The average molecular weight is 297 g/mol. The fraction of sp³-hybridized carbons (Fsp3) is 0.500. The van der Waals surface area contributed by atoms with Gasteiger partial charge in [-0.2, -0.15) is 0 Å². The van der Waals surface area contributed by atoms with Gasteiger partial charge in [0.1, 0.15) is 0 Å². The molecule has 1 fully saturated rings. The van der Waals surface area contributed by atoms with Crippen molar-refractivity contribution in [2.75, 3.05) is 12.8 Å². The lowest BCUT2D eigenvalue weighted by Crippen LogP contribution is -2.18. The van der Waals surface area contributed by atoms with Gasteiger partial charge in [-0.3, -0.25) is 4.79 Å². The molecule has 0 amide bonds. The minimum absolute atomic E-state index is 0.100. The van der Waals surface area contributed by atoms with Crippen molar-refractivity contribution in [2.24, 2.45) is 5.92 Å². The first kappa shape index (κ1) is 15.0. The molecule has 1 aliphatic heterocycles. The molecule has 1 aromatic carbocycles. The smallest absolute Gasteiger partial charge is 0.307 e. The Bertz CT molecular complexity index is 651. The van der Waals surface area contributed by atoms with E-state index in [-0.39, 0.29) is 10.9 Å². The molecule has 20 heavy (non-hydrogen) atoms. The Morgan fingerprint density at radius 1 is 1.35 bits per heavy atom. The van der Waals surface area contributed by atoms with Crippen LogP contribution in [0.2, 0.25) is 0 Å². The minimum atomic E-state index is -3.27. The number of benzene rings is 1. The number of hydrogen-bond donors (Lipinski definition) is 2. The minimum Gasteiger partial charge on any atom is -0.481 e. The third-order valence-corrected chi connectivity index (χ3v) is 5.06. The van der Waals surface area contributed by atoms with Gasteiger partial charge in [0.05, 0.1) is 10.8 Å². The second-order valence-electron chi connectivity index (χ2n) is 5.46. The van der Waals surface area contributed by atoms with Crippen molar-refractivity contribution in [2.45, 2.75) is 31.2 Å². The van der Waals surface area contributed by atoms with E-state index in [0.717, 1.165) is 16.7 Å². The van der Waals surface area contributed by atoms with Gasteiger partial charge < -0.3 is 10.4 Å². The van der Waals surface area contributed by atoms with Crippen LogP contribution in [0.3, 0.4) is 0 Å². The molecular weight excluding hydrogens is 278 g/mol. The number of aliphatic carboxylic acids is 1. The van der Waals surface area contributed by atoms with E-state index in [1.54, 1.807) is 12.1 Å². The van der Waals surface area contributed by atoms with Crippen molar-refractivity contribution in [3.05, 3.63) is 28.8 Å². The van der Waals surface area contributed by atoms with Crippen molar-refractivity contribution < 1.29 is 18.3 Å². The zero-order valence-corrected chi connectivity index (χ0v) is 12.6. The lowest BCUT2D eigenvalue weighted by molar-refractivity contribution is -0.141. The highest BCUT2D eigenvalue weighted by molar-refractivity contribution is 7.90. The monoisotopic (exact) mass is 297 g/mol. The van der Waals surface area contributed by atoms with Gasteiger partial charge in [-0.25, -0.2) is 8.42 Å². The van der Waals surface area contributed by atoms with E-state index in [1.807, 2.05) is 13.8 Å². The predicted molar refractivity (Wildman–Crippen MR) is 75.5 cm³/mol. The summed E-state index contributed by atoms with van der Waals surface area (Å²) in [5, 5.41) is 12.2. The predicted octanol–water partition coefficient (Wildman–Crippen LogP) is 1.44. The maximum atomic E-state index is 11.7. The SMILES string of the molecule is Cc1cc(S(C)(=O)=O)cc(C2CC(C(=O)O)CN2)c1C. The number of sulfone groups is 1. The van der Waals surface area contributed by atoms with Gasteiger partial charge in [0, 0.05) is 18.8 Å². The number of rotatable bonds is 3. The maximum absolute atomic E-state index is 11.7. The Morgan fingerprint density at radius 3 is 2.50 bits per heavy atom. The van der Waals surface area contributed by atoms with Crippen molar-refractivity contribution >= 4 is 15.8 Å². The van der Waals surface area contributed by atoms with Crippen molar-refractivity contribution in [1.82, 2.24) is 5.32 Å². The molecule has 0 radical (unpaired) electrons. The van der Waals surface area contributed by atoms with Crippen LogP contribution in [0.5, 0.6) is 0 Å². The fourth-order valence-corrected chi connectivity index (χ4v) is 3.32. The van der Waals surface area contributed by atoms with Gasteiger partial charge in [0.25, 0.3) is 0 Å². The summed E-state index contributed by atoms with van der Waals surface area (Å²) in [5.74, 6) is -1.23. The summed E-state index contributed by atoms with van der Waals surface area (Å²) in [6.45, 7) is 4.23. The van der Waals surface area contributed by atoms with Crippen molar-refractivity contribution in [3.63, 3.8) is 0 Å².